The highest BCUT2D eigenvalue weighted by molar-refractivity contribution is 7.10. The summed E-state index contributed by atoms with van der Waals surface area (Å²) in [5, 5.41) is 2.60. The van der Waals surface area contributed by atoms with Crippen LogP contribution < -0.4 is 9.47 Å². The minimum absolute atomic E-state index is 0.00992. The van der Waals surface area contributed by atoms with E-state index in [1.165, 1.54) is 0 Å². The Morgan fingerprint density at radius 2 is 1.68 bits per heavy atom. The van der Waals surface area contributed by atoms with Gasteiger partial charge < -0.3 is 19.3 Å². The van der Waals surface area contributed by atoms with Crippen molar-refractivity contribution in [1.29, 1.82) is 0 Å². The molecule has 0 saturated carbocycles. The first kappa shape index (κ1) is 28.5. The van der Waals surface area contributed by atoms with Gasteiger partial charge in [-0.3, -0.25) is 9.59 Å². The fraction of sp³-hybridized carbons (Fsp3) is 0.379. The molecule has 3 rings (SSSR count). The van der Waals surface area contributed by atoms with Gasteiger partial charge in [0.25, 0.3) is 5.91 Å². The molecule has 1 aromatic heterocycles. The standard InChI is InChI=1S/C29H35ClN2O4S/c1-20(2)17-32(29(34)23-7-9-24(30)10-8-23)19-28(33)31(18-27-21(3)13-15-37-27)14-12-22-6-11-25(35-4)26(16-22)36-5/h6-11,13,15-16,20H,12,14,17-19H2,1-5H3. The zero-order valence-electron chi connectivity index (χ0n) is 22.1. The summed E-state index contributed by atoms with van der Waals surface area (Å²) in [5.74, 6) is 1.27. The smallest absolute Gasteiger partial charge is 0.254 e. The summed E-state index contributed by atoms with van der Waals surface area (Å²) in [4.78, 5) is 31.6. The van der Waals surface area contributed by atoms with Crippen LogP contribution in [-0.2, 0) is 17.8 Å². The van der Waals surface area contributed by atoms with Crippen molar-refractivity contribution in [1.82, 2.24) is 9.80 Å². The predicted octanol–water partition coefficient (Wildman–Crippen LogP) is 6.10. The molecule has 198 valence electrons. The van der Waals surface area contributed by atoms with Crippen LogP contribution in [-0.4, -0.2) is 55.5 Å². The van der Waals surface area contributed by atoms with Crippen LogP contribution in [0.25, 0.3) is 0 Å². The average molecular weight is 543 g/mol. The molecule has 1 heterocycles. The fourth-order valence-electron chi connectivity index (χ4n) is 4.03. The zero-order valence-corrected chi connectivity index (χ0v) is 23.7. The maximum absolute atomic E-state index is 13.7. The molecule has 0 bridgehead atoms. The van der Waals surface area contributed by atoms with Crippen LogP contribution in [0.4, 0.5) is 0 Å². The second-order valence-electron chi connectivity index (χ2n) is 9.37. The lowest BCUT2D eigenvalue weighted by Gasteiger charge is -2.29. The van der Waals surface area contributed by atoms with Gasteiger partial charge in [0, 0.05) is 28.6 Å². The Bertz CT molecular complexity index is 1190. The van der Waals surface area contributed by atoms with Crippen molar-refractivity contribution in [3.05, 3.63) is 80.5 Å². The second-order valence-corrected chi connectivity index (χ2v) is 10.8. The van der Waals surface area contributed by atoms with E-state index in [9.17, 15) is 9.59 Å². The summed E-state index contributed by atoms with van der Waals surface area (Å²) < 4.78 is 10.8. The third-order valence-electron chi connectivity index (χ3n) is 6.06. The van der Waals surface area contributed by atoms with Gasteiger partial charge in [-0.2, -0.15) is 0 Å². The Labute approximate surface area is 228 Å². The number of thiophene rings is 1. The molecule has 0 radical (unpaired) electrons. The van der Waals surface area contributed by atoms with E-state index in [4.69, 9.17) is 21.1 Å². The largest absolute Gasteiger partial charge is 0.493 e. The normalized spacial score (nSPS) is 10.9. The Hall–Kier alpha value is -3.03. The molecule has 3 aromatic rings. The van der Waals surface area contributed by atoms with Crippen molar-refractivity contribution >= 4 is 34.8 Å². The number of hydrogen-bond acceptors (Lipinski definition) is 5. The molecule has 2 aromatic carbocycles. The monoisotopic (exact) mass is 542 g/mol. The van der Waals surface area contributed by atoms with E-state index in [0.717, 1.165) is 16.0 Å². The molecule has 0 aliphatic rings. The van der Waals surface area contributed by atoms with E-state index in [1.54, 1.807) is 54.7 Å². The maximum atomic E-state index is 13.7. The summed E-state index contributed by atoms with van der Waals surface area (Å²) in [6.45, 7) is 7.63. The van der Waals surface area contributed by atoms with Crippen molar-refractivity contribution in [2.75, 3.05) is 33.9 Å². The van der Waals surface area contributed by atoms with Crippen LogP contribution in [0.2, 0.25) is 5.02 Å². The summed E-state index contributed by atoms with van der Waals surface area (Å²) in [7, 11) is 3.22. The first-order chi connectivity index (χ1) is 17.7. The van der Waals surface area contributed by atoms with Crippen molar-refractivity contribution in [3.8, 4) is 11.5 Å². The minimum atomic E-state index is -0.175. The van der Waals surface area contributed by atoms with Gasteiger partial charge in [0.05, 0.1) is 20.8 Å². The van der Waals surface area contributed by atoms with E-state index in [2.05, 4.69) is 13.0 Å². The first-order valence-corrected chi connectivity index (χ1v) is 13.5. The average Bonchev–Trinajstić information content (AvgIpc) is 3.29. The van der Waals surface area contributed by atoms with Crippen LogP contribution in [0.1, 0.15) is 40.2 Å². The fourth-order valence-corrected chi connectivity index (χ4v) is 5.08. The molecule has 0 aliphatic heterocycles. The van der Waals surface area contributed by atoms with Crippen LogP contribution in [0.15, 0.2) is 53.9 Å². The van der Waals surface area contributed by atoms with Crippen LogP contribution in [0.5, 0.6) is 11.5 Å². The van der Waals surface area contributed by atoms with Gasteiger partial charge in [0.15, 0.2) is 11.5 Å². The Morgan fingerprint density at radius 3 is 2.27 bits per heavy atom. The number of amides is 2. The number of hydrogen-bond donors (Lipinski definition) is 0. The highest BCUT2D eigenvalue weighted by atomic mass is 35.5. The number of nitrogens with zero attached hydrogens (tertiary/aromatic N) is 2. The molecular weight excluding hydrogens is 508 g/mol. The van der Waals surface area contributed by atoms with E-state index in [0.29, 0.717) is 48.1 Å². The third kappa shape index (κ3) is 7.98. The van der Waals surface area contributed by atoms with E-state index < -0.39 is 0 Å². The SMILES string of the molecule is COc1ccc(CCN(Cc2sccc2C)C(=O)CN(CC(C)C)C(=O)c2ccc(Cl)cc2)cc1OC. The van der Waals surface area contributed by atoms with E-state index in [1.807, 2.05) is 42.3 Å². The van der Waals surface area contributed by atoms with Gasteiger partial charge in [-0.15, -0.1) is 11.3 Å². The maximum Gasteiger partial charge on any atom is 0.254 e. The van der Waals surface area contributed by atoms with Gasteiger partial charge in [0.2, 0.25) is 5.91 Å². The van der Waals surface area contributed by atoms with E-state index in [-0.39, 0.29) is 24.3 Å². The quantitative estimate of drug-likeness (QED) is 0.277. The van der Waals surface area contributed by atoms with Gasteiger partial charge in [-0.25, -0.2) is 0 Å². The molecule has 0 saturated heterocycles. The topological polar surface area (TPSA) is 59.1 Å². The number of methoxy groups -OCH3 is 2. The molecule has 0 unspecified atom stereocenters. The van der Waals surface area contributed by atoms with Gasteiger partial charge in [-0.05, 0) is 78.2 Å². The van der Waals surface area contributed by atoms with Crippen molar-refractivity contribution < 1.29 is 19.1 Å². The Balaban J connectivity index is 1.81. The Kier molecular flexibility index (Phi) is 10.4. The Morgan fingerprint density at radius 1 is 0.973 bits per heavy atom. The molecule has 37 heavy (non-hydrogen) atoms. The minimum Gasteiger partial charge on any atom is -0.493 e. The number of carbonyl (C=O) groups excluding carboxylic acids is 2. The summed E-state index contributed by atoms with van der Waals surface area (Å²) >= 11 is 7.65. The van der Waals surface area contributed by atoms with Crippen molar-refractivity contribution in [3.63, 3.8) is 0 Å². The number of aryl methyl sites for hydroxylation is 1. The molecule has 0 fully saturated rings. The molecule has 0 atom stereocenters. The number of benzene rings is 2. The lowest BCUT2D eigenvalue weighted by Crippen LogP contribution is -2.44. The van der Waals surface area contributed by atoms with Gasteiger partial charge >= 0.3 is 0 Å². The summed E-state index contributed by atoms with van der Waals surface area (Å²) in [6.07, 6.45) is 0.645. The zero-order chi connectivity index (χ0) is 26.9. The van der Waals surface area contributed by atoms with Crippen LogP contribution >= 0.6 is 22.9 Å². The van der Waals surface area contributed by atoms with Crippen LogP contribution in [0, 0.1) is 12.8 Å². The van der Waals surface area contributed by atoms with Crippen molar-refractivity contribution in [2.24, 2.45) is 5.92 Å². The number of halogens is 1. The molecule has 2 amide bonds. The van der Waals surface area contributed by atoms with E-state index >= 15 is 0 Å². The molecule has 8 heteroatoms. The lowest BCUT2D eigenvalue weighted by atomic mass is 10.1. The molecule has 0 aliphatic carbocycles. The first-order valence-electron chi connectivity index (χ1n) is 12.3. The molecule has 6 nitrogen and oxygen atoms in total. The second kappa shape index (κ2) is 13.5. The third-order valence-corrected chi connectivity index (χ3v) is 7.32. The predicted molar refractivity (Wildman–Crippen MR) is 150 cm³/mol. The lowest BCUT2D eigenvalue weighted by molar-refractivity contribution is -0.132. The van der Waals surface area contributed by atoms with Crippen molar-refractivity contribution in [2.45, 2.75) is 33.7 Å². The molecule has 0 N–H and O–H groups in total. The molecule has 0 spiro atoms. The molecular formula is C29H35ClN2O4S. The van der Waals surface area contributed by atoms with Gasteiger partial charge in [-0.1, -0.05) is 31.5 Å². The summed E-state index contributed by atoms with van der Waals surface area (Å²) in [5.41, 5.74) is 2.71. The highest BCUT2D eigenvalue weighted by Gasteiger charge is 2.24. The number of rotatable bonds is 12. The summed E-state index contributed by atoms with van der Waals surface area (Å²) in [6, 6.07) is 14.6. The highest BCUT2D eigenvalue weighted by Crippen LogP contribution is 2.28. The number of ether oxygens (including phenoxy) is 2. The van der Waals surface area contributed by atoms with Gasteiger partial charge in [0.1, 0.15) is 6.54 Å². The van der Waals surface area contributed by atoms with Crippen LogP contribution in [0.3, 0.4) is 0 Å². The number of carbonyl (C=O) groups is 2.